The van der Waals surface area contributed by atoms with E-state index in [9.17, 15) is 21.6 Å². The van der Waals surface area contributed by atoms with E-state index in [4.69, 9.17) is 9.47 Å². The molecule has 0 spiro atoms. The Balaban J connectivity index is 2.21. The SMILES string of the molecule is CC(C)OC(=O)[C@@H](OC(C)(C)C)c1c(S(C)(=O)=O)nc(S(C)(=O)=O)c(-c2ccc3c(c2)CCNC3)c1N1CCC(C)(C)CC1. The third-order valence-electron chi connectivity index (χ3n) is 7.96. The molecule has 3 heterocycles. The quantitative estimate of drug-likeness (QED) is 0.404. The average molecular weight is 650 g/mol. The van der Waals surface area contributed by atoms with Crippen molar-refractivity contribution in [2.24, 2.45) is 5.41 Å². The number of aromatic nitrogens is 1. The van der Waals surface area contributed by atoms with Crippen LogP contribution in [-0.4, -0.2) is 71.6 Å². The van der Waals surface area contributed by atoms with Crippen LogP contribution in [0.25, 0.3) is 11.1 Å². The highest BCUT2D eigenvalue weighted by atomic mass is 32.2. The first-order chi connectivity index (χ1) is 20.2. The van der Waals surface area contributed by atoms with Crippen LogP contribution in [0.5, 0.6) is 0 Å². The largest absolute Gasteiger partial charge is 0.461 e. The number of piperidine rings is 1. The Morgan fingerprint density at radius 3 is 2.16 bits per heavy atom. The molecule has 0 aliphatic carbocycles. The molecule has 0 saturated carbocycles. The van der Waals surface area contributed by atoms with E-state index >= 15 is 0 Å². The summed E-state index contributed by atoms with van der Waals surface area (Å²) in [4.78, 5) is 20.3. The van der Waals surface area contributed by atoms with Gasteiger partial charge in [0, 0.05) is 37.7 Å². The lowest BCUT2D eigenvalue weighted by Gasteiger charge is -2.41. The molecule has 2 aromatic rings. The number of carbonyl (C=O) groups excluding carboxylic acids is 1. The van der Waals surface area contributed by atoms with Crippen LogP contribution in [0.2, 0.25) is 0 Å². The highest BCUT2D eigenvalue weighted by molar-refractivity contribution is 7.91. The van der Waals surface area contributed by atoms with Crippen LogP contribution in [0, 0.1) is 5.41 Å². The summed E-state index contributed by atoms with van der Waals surface area (Å²) >= 11 is 0. The van der Waals surface area contributed by atoms with Crippen LogP contribution in [0.3, 0.4) is 0 Å². The molecule has 2 aliphatic rings. The zero-order valence-electron chi connectivity index (χ0n) is 27.4. The van der Waals surface area contributed by atoms with E-state index in [0.717, 1.165) is 49.4 Å². The van der Waals surface area contributed by atoms with Crippen molar-refractivity contribution < 1.29 is 31.1 Å². The monoisotopic (exact) mass is 649 g/mol. The van der Waals surface area contributed by atoms with Crippen molar-refractivity contribution in [2.45, 2.75) is 102 Å². The number of pyridine rings is 1. The van der Waals surface area contributed by atoms with E-state index in [1.165, 1.54) is 0 Å². The summed E-state index contributed by atoms with van der Waals surface area (Å²) in [6.45, 7) is 15.6. The number of nitrogens with zero attached hydrogens (tertiary/aromatic N) is 2. The first kappa shape index (κ1) is 34.3. The standard InChI is InChI=1S/C32H47N3O7S2/c1-20(2)41-30(36)27(42-31(3,4)5)25-26(35-16-13-32(6,7)14-17-35)24(22-10-11-23-19-33-15-12-21(23)18-22)28(43(8,37)38)34-29(25)44(9,39)40/h10-11,18,20,27,33H,12-17,19H2,1-9H3/t27-/m0/s1. The number of sulfone groups is 2. The maximum Gasteiger partial charge on any atom is 0.340 e. The number of hydrogen-bond acceptors (Lipinski definition) is 10. The summed E-state index contributed by atoms with van der Waals surface area (Å²) in [5, 5.41) is 2.51. The van der Waals surface area contributed by atoms with E-state index < -0.39 is 48.5 Å². The molecule has 1 aromatic heterocycles. The Morgan fingerprint density at radius 1 is 1.00 bits per heavy atom. The smallest absolute Gasteiger partial charge is 0.340 e. The Labute approximate surface area is 262 Å². The number of rotatable bonds is 8. The molecule has 44 heavy (non-hydrogen) atoms. The zero-order valence-corrected chi connectivity index (χ0v) is 29.0. The minimum absolute atomic E-state index is 0.00886. The van der Waals surface area contributed by atoms with E-state index in [1.54, 1.807) is 34.6 Å². The van der Waals surface area contributed by atoms with Gasteiger partial charge >= 0.3 is 5.97 Å². The molecule has 244 valence electrons. The first-order valence-electron chi connectivity index (χ1n) is 15.1. The summed E-state index contributed by atoms with van der Waals surface area (Å²) in [6, 6.07) is 5.78. The molecule has 1 atom stereocenters. The number of nitrogens with one attached hydrogen (secondary N) is 1. The lowest BCUT2D eigenvalue weighted by molar-refractivity contribution is -0.171. The predicted octanol–water partition coefficient (Wildman–Crippen LogP) is 4.64. The van der Waals surface area contributed by atoms with Gasteiger partial charge in [-0.25, -0.2) is 26.6 Å². The lowest BCUT2D eigenvalue weighted by Crippen LogP contribution is -2.40. The van der Waals surface area contributed by atoms with E-state index in [-0.39, 0.29) is 21.6 Å². The molecule has 0 bridgehead atoms. The van der Waals surface area contributed by atoms with Crippen molar-refractivity contribution in [2.75, 3.05) is 37.0 Å². The molecule has 0 unspecified atom stereocenters. The molecular formula is C32H47N3O7S2. The number of esters is 1. The highest BCUT2D eigenvalue weighted by Gasteiger charge is 2.42. The van der Waals surface area contributed by atoms with E-state index in [1.807, 2.05) is 23.1 Å². The minimum Gasteiger partial charge on any atom is -0.461 e. The third kappa shape index (κ3) is 7.81. The van der Waals surface area contributed by atoms with Gasteiger partial charge in [-0.2, -0.15) is 0 Å². The van der Waals surface area contributed by atoms with Crippen molar-refractivity contribution in [1.29, 1.82) is 0 Å². The second-order valence-electron chi connectivity index (χ2n) is 14.1. The van der Waals surface area contributed by atoms with Gasteiger partial charge in [-0.15, -0.1) is 0 Å². The molecule has 1 aromatic carbocycles. The van der Waals surface area contributed by atoms with Gasteiger partial charge in [0.1, 0.15) is 0 Å². The molecule has 2 aliphatic heterocycles. The van der Waals surface area contributed by atoms with E-state index in [2.05, 4.69) is 24.1 Å². The molecule has 0 radical (unpaired) electrons. The average Bonchev–Trinajstić information content (AvgIpc) is 2.88. The fourth-order valence-corrected chi connectivity index (χ4v) is 7.52. The lowest BCUT2D eigenvalue weighted by atomic mass is 9.82. The van der Waals surface area contributed by atoms with Crippen LogP contribution in [0.4, 0.5) is 5.69 Å². The zero-order chi connectivity index (χ0) is 32.8. The van der Waals surface area contributed by atoms with Gasteiger partial charge in [-0.3, -0.25) is 0 Å². The highest BCUT2D eigenvalue weighted by Crippen LogP contribution is 2.47. The van der Waals surface area contributed by atoms with Crippen molar-refractivity contribution in [3.8, 4) is 11.1 Å². The molecule has 1 saturated heterocycles. The minimum atomic E-state index is -4.17. The summed E-state index contributed by atoms with van der Waals surface area (Å²) in [5.41, 5.74) is 2.52. The molecule has 0 amide bonds. The van der Waals surface area contributed by atoms with E-state index in [0.29, 0.717) is 30.9 Å². The molecular weight excluding hydrogens is 603 g/mol. The summed E-state index contributed by atoms with van der Waals surface area (Å²) in [7, 11) is -8.23. The fourth-order valence-electron chi connectivity index (χ4n) is 5.76. The second kappa shape index (κ2) is 12.3. The van der Waals surface area contributed by atoms with Crippen molar-refractivity contribution >= 4 is 31.3 Å². The number of ether oxygens (including phenoxy) is 2. The Bertz CT molecular complexity index is 1630. The number of hydrogen-bond donors (Lipinski definition) is 1. The Morgan fingerprint density at radius 2 is 1.61 bits per heavy atom. The van der Waals surface area contributed by atoms with Crippen LogP contribution in [-0.2, 0) is 46.9 Å². The number of fused-ring (bicyclic) bond motifs is 1. The molecule has 12 heteroatoms. The fraction of sp³-hybridized carbons (Fsp3) is 0.625. The Hall–Kier alpha value is -2.54. The molecule has 1 fully saturated rings. The van der Waals surface area contributed by atoms with Crippen molar-refractivity contribution in [1.82, 2.24) is 10.3 Å². The van der Waals surface area contributed by atoms with Gasteiger partial charge in [-0.1, -0.05) is 32.0 Å². The maximum atomic E-state index is 13.9. The number of benzene rings is 1. The number of anilines is 1. The maximum absolute atomic E-state index is 13.9. The third-order valence-corrected chi connectivity index (χ3v) is 9.97. The van der Waals surface area contributed by atoms with Crippen LogP contribution < -0.4 is 10.2 Å². The molecule has 4 rings (SSSR count). The summed E-state index contributed by atoms with van der Waals surface area (Å²) < 4.78 is 66.1. The molecule has 10 nitrogen and oxygen atoms in total. The van der Waals surface area contributed by atoms with Gasteiger partial charge in [0.25, 0.3) is 0 Å². The second-order valence-corrected chi connectivity index (χ2v) is 17.9. The van der Waals surface area contributed by atoms with Crippen molar-refractivity contribution in [3.05, 3.63) is 34.9 Å². The van der Waals surface area contributed by atoms with Gasteiger partial charge < -0.3 is 19.7 Å². The van der Waals surface area contributed by atoms with Gasteiger partial charge in [0.2, 0.25) is 0 Å². The van der Waals surface area contributed by atoms with Crippen LogP contribution in [0.1, 0.15) is 84.1 Å². The molecule has 1 N–H and O–H groups in total. The summed E-state index contributed by atoms with van der Waals surface area (Å²) in [6.07, 6.45) is 2.30. The van der Waals surface area contributed by atoms with Gasteiger partial charge in [0.05, 0.1) is 23.0 Å². The summed E-state index contributed by atoms with van der Waals surface area (Å²) in [5.74, 6) is -0.769. The first-order valence-corrected chi connectivity index (χ1v) is 18.9. The topological polar surface area (TPSA) is 132 Å². The predicted molar refractivity (Wildman–Crippen MR) is 171 cm³/mol. The van der Waals surface area contributed by atoms with Gasteiger partial charge in [0.15, 0.2) is 35.8 Å². The van der Waals surface area contributed by atoms with Gasteiger partial charge in [-0.05, 0) is 82.5 Å². The normalized spacial score (nSPS) is 18.2. The Kier molecular flexibility index (Phi) is 9.63. The van der Waals surface area contributed by atoms with Crippen molar-refractivity contribution in [3.63, 3.8) is 0 Å². The van der Waals surface area contributed by atoms with Crippen LogP contribution >= 0.6 is 0 Å². The number of carbonyl (C=O) groups is 1. The van der Waals surface area contributed by atoms with Crippen LogP contribution in [0.15, 0.2) is 28.3 Å².